The molecule has 0 spiro atoms. The molecule has 20 heavy (non-hydrogen) atoms. The lowest BCUT2D eigenvalue weighted by molar-refractivity contribution is -0.119. The van der Waals surface area contributed by atoms with Gasteiger partial charge in [-0.2, -0.15) is 0 Å². The predicted octanol–water partition coefficient (Wildman–Crippen LogP) is 0.603. The first-order chi connectivity index (χ1) is 9.47. The van der Waals surface area contributed by atoms with E-state index in [2.05, 4.69) is 4.90 Å². The zero-order valence-corrected chi connectivity index (χ0v) is 12.4. The van der Waals surface area contributed by atoms with Crippen LogP contribution in [0.1, 0.15) is 5.56 Å². The number of methoxy groups -OCH3 is 1. The monoisotopic (exact) mass is 301 g/mol. The molecule has 0 aromatic heterocycles. The molecule has 0 saturated carbocycles. The number of halogens is 1. The number of likely N-dealkylation sites (N-methyl/N-ethyl adjacent to an activating group) is 1. The van der Waals surface area contributed by atoms with Gasteiger partial charge in [-0.1, -0.05) is 11.6 Å². The van der Waals surface area contributed by atoms with E-state index in [0.29, 0.717) is 29.6 Å². The van der Waals surface area contributed by atoms with E-state index in [1.165, 1.54) is 7.11 Å². The Bertz CT molecular complexity index is 468. The molecule has 0 aliphatic carbocycles. The third-order valence-electron chi connectivity index (χ3n) is 2.61. The lowest BCUT2D eigenvalue weighted by atomic mass is 10.2. The summed E-state index contributed by atoms with van der Waals surface area (Å²) in [5.41, 5.74) is 11.5. The van der Waals surface area contributed by atoms with Gasteiger partial charge in [0.25, 0.3) is 5.91 Å². The van der Waals surface area contributed by atoms with Crippen molar-refractivity contribution in [3.8, 4) is 11.5 Å². The van der Waals surface area contributed by atoms with Gasteiger partial charge in [-0.05, 0) is 24.7 Å². The molecule has 6 nitrogen and oxygen atoms in total. The molecule has 1 aromatic carbocycles. The van der Waals surface area contributed by atoms with Crippen LogP contribution in [0.2, 0.25) is 5.02 Å². The third kappa shape index (κ3) is 4.88. The quantitative estimate of drug-likeness (QED) is 0.734. The molecule has 0 aliphatic rings. The lowest BCUT2D eigenvalue weighted by Crippen LogP contribution is -2.25. The van der Waals surface area contributed by atoms with Crippen LogP contribution in [-0.2, 0) is 11.3 Å². The molecular weight excluding hydrogens is 282 g/mol. The van der Waals surface area contributed by atoms with Crippen LogP contribution >= 0.6 is 11.6 Å². The Balaban J connectivity index is 2.91. The maximum absolute atomic E-state index is 10.8. The Morgan fingerprint density at radius 1 is 1.45 bits per heavy atom. The molecule has 0 radical (unpaired) electrons. The fourth-order valence-corrected chi connectivity index (χ4v) is 2.05. The van der Waals surface area contributed by atoms with Gasteiger partial charge in [0.15, 0.2) is 18.1 Å². The van der Waals surface area contributed by atoms with Crippen molar-refractivity contribution in [1.29, 1.82) is 0 Å². The highest BCUT2D eigenvalue weighted by Crippen LogP contribution is 2.36. The van der Waals surface area contributed by atoms with Crippen LogP contribution in [0.3, 0.4) is 0 Å². The summed E-state index contributed by atoms with van der Waals surface area (Å²) in [6.45, 7) is 1.80. The van der Waals surface area contributed by atoms with E-state index in [-0.39, 0.29) is 6.61 Å². The number of rotatable bonds is 8. The second-order valence-corrected chi connectivity index (χ2v) is 4.80. The Kier molecular flexibility index (Phi) is 6.57. The number of primary amides is 1. The van der Waals surface area contributed by atoms with Gasteiger partial charge in [0.1, 0.15) is 0 Å². The van der Waals surface area contributed by atoms with Crippen molar-refractivity contribution in [3.05, 3.63) is 22.7 Å². The second-order valence-electron chi connectivity index (χ2n) is 4.39. The number of nitrogens with two attached hydrogens (primary N) is 2. The highest BCUT2D eigenvalue weighted by molar-refractivity contribution is 6.32. The number of benzene rings is 1. The van der Waals surface area contributed by atoms with Crippen LogP contribution in [0, 0.1) is 0 Å². The fourth-order valence-electron chi connectivity index (χ4n) is 1.76. The van der Waals surface area contributed by atoms with Crippen LogP contribution in [0.25, 0.3) is 0 Å². The van der Waals surface area contributed by atoms with Crippen LogP contribution in [0.5, 0.6) is 11.5 Å². The predicted molar refractivity (Wildman–Crippen MR) is 78.1 cm³/mol. The fraction of sp³-hybridized carbons (Fsp3) is 0.462. The summed E-state index contributed by atoms with van der Waals surface area (Å²) in [5.74, 6) is 0.211. The summed E-state index contributed by atoms with van der Waals surface area (Å²) in [6, 6.07) is 3.59. The van der Waals surface area contributed by atoms with Crippen LogP contribution in [0.4, 0.5) is 0 Å². The van der Waals surface area contributed by atoms with Gasteiger partial charge in [0.05, 0.1) is 12.1 Å². The molecule has 0 unspecified atom stereocenters. The molecular formula is C13H20ClN3O3. The maximum atomic E-state index is 10.8. The first-order valence-electron chi connectivity index (χ1n) is 6.14. The maximum Gasteiger partial charge on any atom is 0.255 e. The van der Waals surface area contributed by atoms with Crippen molar-refractivity contribution in [1.82, 2.24) is 4.90 Å². The summed E-state index contributed by atoms with van der Waals surface area (Å²) in [5, 5.41) is 0.377. The van der Waals surface area contributed by atoms with Crippen molar-refractivity contribution >= 4 is 17.5 Å². The zero-order chi connectivity index (χ0) is 15.1. The van der Waals surface area contributed by atoms with Crippen molar-refractivity contribution < 1.29 is 14.3 Å². The zero-order valence-electron chi connectivity index (χ0n) is 11.7. The van der Waals surface area contributed by atoms with E-state index in [9.17, 15) is 4.79 Å². The Hall–Kier alpha value is -1.50. The van der Waals surface area contributed by atoms with Gasteiger partial charge < -0.3 is 25.8 Å². The van der Waals surface area contributed by atoms with Crippen LogP contribution in [0.15, 0.2) is 12.1 Å². The number of amides is 1. The standard InChI is InChI=1S/C13H20ClN3O3/c1-17(4-3-15)7-9-5-10(14)13(11(6-9)19-2)20-8-12(16)18/h5-6H,3-4,7-8,15H2,1-2H3,(H2,16,18). The van der Waals surface area contributed by atoms with Crippen LogP contribution < -0.4 is 20.9 Å². The number of hydrogen-bond donors (Lipinski definition) is 2. The molecule has 0 heterocycles. The molecule has 7 heteroatoms. The summed E-state index contributed by atoms with van der Waals surface area (Å²) in [6.07, 6.45) is 0. The number of ether oxygens (including phenoxy) is 2. The van der Waals surface area contributed by atoms with Crippen molar-refractivity contribution in [2.75, 3.05) is 33.9 Å². The van der Waals surface area contributed by atoms with Crippen molar-refractivity contribution in [2.24, 2.45) is 11.5 Å². The minimum atomic E-state index is -0.574. The first-order valence-corrected chi connectivity index (χ1v) is 6.51. The minimum absolute atomic E-state index is 0.248. The molecule has 0 aliphatic heterocycles. The Morgan fingerprint density at radius 2 is 2.15 bits per heavy atom. The smallest absolute Gasteiger partial charge is 0.255 e. The van der Waals surface area contributed by atoms with Crippen molar-refractivity contribution in [2.45, 2.75) is 6.54 Å². The van der Waals surface area contributed by atoms with Gasteiger partial charge in [0, 0.05) is 19.6 Å². The summed E-state index contributed by atoms with van der Waals surface area (Å²) < 4.78 is 10.5. The number of carbonyl (C=O) groups excluding carboxylic acids is 1. The minimum Gasteiger partial charge on any atom is -0.493 e. The van der Waals surface area contributed by atoms with E-state index in [0.717, 1.165) is 12.1 Å². The topological polar surface area (TPSA) is 90.8 Å². The van der Waals surface area contributed by atoms with Crippen molar-refractivity contribution in [3.63, 3.8) is 0 Å². The summed E-state index contributed by atoms with van der Waals surface area (Å²) in [7, 11) is 3.47. The van der Waals surface area contributed by atoms with E-state index in [1.54, 1.807) is 6.07 Å². The van der Waals surface area contributed by atoms with Gasteiger partial charge >= 0.3 is 0 Å². The number of carbonyl (C=O) groups is 1. The van der Waals surface area contributed by atoms with Gasteiger partial charge in [-0.3, -0.25) is 4.79 Å². The first kappa shape index (κ1) is 16.6. The largest absolute Gasteiger partial charge is 0.493 e. The van der Waals surface area contributed by atoms with E-state index >= 15 is 0 Å². The third-order valence-corrected chi connectivity index (χ3v) is 2.89. The average Bonchev–Trinajstić information content (AvgIpc) is 2.36. The Morgan fingerprint density at radius 3 is 2.70 bits per heavy atom. The molecule has 0 fully saturated rings. The molecule has 0 saturated heterocycles. The molecule has 0 atom stereocenters. The number of hydrogen-bond acceptors (Lipinski definition) is 5. The van der Waals surface area contributed by atoms with E-state index < -0.39 is 5.91 Å². The highest BCUT2D eigenvalue weighted by atomic mass is 35.5. The van der Waals surface area contributed by atoms with Crippen LogP contribution in [-0.4, -0.2) is 44.7 Å². The number of nitrogens with zero attached hydrogens (tertiary/aromatic N) is 1. The van der Waals surface area contributed by atoms with Gasteiger partial charge in [-0.25, -0.2) is 0 Å². The molecule has 1 rings (SSSR count). The molecule has 0 bridgehead atoms. The second kappa shape index (κ2) is 7.94. The lowest BCUT2D eigenvalue weighted by Gasteiger charge is -2.18. The average molecular weight is 302 g/mol. The molecule has 112 valence electrons. The molecule has 4 N–H and O–H groups in total. The van der Waals surface area contributed by atoms with Gasteiger partial charge in [0.2, 0.25) is 0 Å². The van der Waals surface area contributed by atoms with Gasteiger partial charge in [-0.15, -0.1) is 0 Å². The SMILES string of the molecule is COc1cc(CN(C)CCN)cc(Cl)c1OCC(N)=O. The summed E-state index contributed by atoms with van der Waals surface area (Å²) in [4.78, 5) is 12.8. The van der Waals surface area contributed by atoms with E-state index in [4.69, 9.17) is 32.5 Å². The molecule has 1 aromatic rings. The Labute approximate surface area is 123 Å². The summed E-state index contributed by atoms with van der Waals surface area (Å²) >= 11 is 6.16. The van der Waals surface area contributed by atoms with E-state index in [1.807, 2.05) is 13.1 Å². The normalized spacial score (nSPS) is 10.7. The molecule has 1 amide bonds. The highest BCUT2D eigenvalue weighted by Gasteiger charge is 2.13.